The lowest BCUT2D eigenvalue weighted by molar-refractivity contribution is -0.135. The number of benzene rings is 1. The van der Waals surface area contributed by atoms with Crippen LogP contribution in [0.3, 0.4) is 0 Å². The lowest BCUT2D eigenvalue weighted by atomic mass is 9.49. The second kappa shape index (κ2) is 4.75. The first kappa shape index (κ1) is 14.4. The van der Waals surface area contributed by atoms with Crippen LogP contribution < -0.4 is 10.5 Å². The maximum Gasteiger partial charge on any atom is 0.223 e. The van der Waals surface area contributed by atoms with Gasteiger partial charge >= 0.3 is 0 Å². The number of aryl methyl sites for hydroxylation is 1. The summed E-state index contributed by atoms with van der Waals surface area (Å²) in [6.07, 6.45) is 5.18. The minimum Gasteiger partial charge on any atom is -0.497 e. The van der Waals surface area contributed by atoms with E-state index >= 15 is 0 Å². The number of carbonyl (C=O) groups is 1. The Hall–Kier alpha value is -1.51. The fraction of sp³-hybridized carbons (Fsp3) is 0.611. The predicted octanol–water partition coefficient (Wildman–Crippen LogP) is 3.19. The molecule has 1 amide bonds. The Morgan fingerprint density at radius 3 is 2.76 bits per heavy atom. The molecule has 0 aromatic heterocycles. The van der Waals surface area contributed by atoms with Crippen molar-refractivity contribution in [1.82, 2.24) is 0 Å². The first-order chi connectivity index (χ1) is 9.91. The van der Waals surface area contributed by atoms with E-state index in [0.717, 1.165) is 37.9 Å². The Morgan fingerprint density at radius 1 is 1.33 bits per heavy atom. The number of amides is 1. The van der Waals surface area contributed by atoms with Gasteiger partial charge in [-0.1, -0.05) is 26.3 Å². The molecular weight excluding hydrogens is 262 g/mol. The quantitative estimate of drug-likeness (QED) is 0.908. The molecule has 0 saturated heterocycles. The zero-order valence-electron chi connectivity index (χ0n) is 13.2. The number of ether oxygens (including phenoxy) is 1. The van der Waals surface area contributed by atoms with Gasteiger partial charge in [0.1, 0.15) is 5.75 Å². The topological polar surface area (TPSA) is 52.3 Å². The van der Waals surface area contributed by atoms with Gasteiger partial charge in [0.15, 0.2) is 0 Å². The van der Waals surface area contributed by atoms with Gasteiger partial charge in [-0.3, -0.25) is 4.79 Å². The molecule has 0 spiro atoms. The van der Waals surface area contributed by atoms with Gasteiger partial charge in [-0.05, 0) is 60.3 Å². The van der Waals surface area contributed by atoms with Gasteiger partial charge in [0.2, 0.25) is 5.91 Å². The molecule has 0 radical (unpaired) electrons. The summed E-state index contributed by atoms with van der Waals surface area (Å²) >= 11 is 0. The minimum atomic E-state index is -0.370. The smallest absolute Gasteiger partial charge is 0.223 e. The van der Waals surface area contributed by atoms with Crippen LogP contribution in [0.15, 0.2) is 18.2 Å². The molecule has 1 saturated carbocycles. The van der Waals surface area contributed by atoms with Crippen LogP contribution in [-0.2, 0) is 16.6 Å². The van der Waals surface area contributed by atoms with Gasteiger partial charge in [-0.25, -0.2) is 0 Å². The second-order valence-electron chi connectivity index (χ2n) is 7.17. The molecule has 2 aliphatic rings. The third-order valence-electron chi connectivity index (χ3n) is 6.12. The molecule has 3 nitrogen and oxygen atoms in total. The highest BCUT2D eigenvalue weighted by atomic mass is 16.5. The molecule has 3 rings (SSSR count). The van der Waals surface area contributed by atoms with Crippen molar-refractivity contribution in [3.63, 3.8) is 0 Å². The van der Waals surface area contributed by atoms with Gasteiger partial charge in [0.05, 0.1) is 7.11 Å². The number of rotatable bonds is 2. The zero-order valence-corrected chi connectivity index (χ0v) is 13.2. The molecule has 3 unspecified atom stereocenters. The lowest BCUT2D eigenvalue weighted by Gasteiger charge is -2.54. The van der Waals surface area contributed by atoms with Crippen molar-refractivity contribution < 1.29 is 9.53 Å². The Kier molecular flexibility index (Phi) is 3.27. The van der Waals surface area contributed by atoms with Gasteiger partial charge in [-0.2, -0.15) is 0 Å². The highest BCUT2D eigenvalue weighted by molar-refractivity contribution is 5.81. The second-order valence-corrected chi connectivity index (χ2v) is 7.17. The number of primary amides is 1. The van der Waals surface area contributed by atoms with Crippen molar-refractivity contribution in [3.8, 4) is 5.75 Å². The number of nitrogens with two attached hydrogens (primary N) is 1. The molecule has 0 heterocycles. The van der Waals surface area contributed by atoms with Crippen molar-refractivity contribution in [3.05, 3.63) is 29.3 Å². The molecule has 0 bridgehead atoms. The van der Waals surface area contributed by atoms with Crippen molar-refractivity contribution in [2.45, 2.75) is 51.4 Å². The Bertz CT molecular complexity index is 583. The summed E-state index contributed by atoms with van der Waals surface area (Å²) in [6.45, 7) is 4.40. The van der Waals surface area contributed by atoms with E-state index in [9.17, 15) is 4.79 Å². The summed E-state index contributed by atoms with van der Waals surface area (Å²) in [5, 5.41) is 0. The largest absolute Gasteiger partial charge is 0.497 e. The monoisotopic (exact) mass is 287 g/mol. The number of methoxy groups -OCH3 is 1. The van der Waals surface area contributed by atoms with Gasteiger partial charge in [0.25, 0.3) is 0 Å². The molecule has 0 aliphatic heterocycles. The molecule has 3 heteroatoms. The zero-order chi connectivity index (χ0) is 15.3. The average molecular weight is 287 g/mol. The van der Waals surface area contributed by atoms with Crippen LogP contribution in [0.2, 0.25) is 0 Å². The van der Waals surface area contributed by atoms with E-state index in [2.05, 4.69) is 26.0 Å². The highest BCUT2D eigenvalue weighted by Gasteiger charge is 2.54. The Morgan fingerprint density at radius 2 is 2.10 bits per heavy atom. The summed E-state index contributed by atoms with van der Waals surface area (Å²) in [5.41, 5.74) is 8.23. The van der Waals surface area contributed by atoms with Crippen LogP contribution in [0, 0.1) is 11.3 Å². The molecule has 2 aliphatic carbocycles. The van der Waals surface area contributed by atoms with Crippen molar-refractivity contribution >= 4 is 5.91 Å². The average Bonchev–Trinajstić information content (AvgIpc) is 2.46. The van der Waals surface area contributed by atoms with Gasteiger partial charge in [0, 0.05) is 5.41 Å². The van der Waals surface area contributed by atoms with E-state index in [4.69, 9.17) is 10.5 Å². The maximum absolute atomic E-state index is 12.1. The van der Waals surface area contributed by atoms with Gasteiger partial charge < -0.3 is 10.5 Å². The number of carbonyl (C=O) groups excluding carboxylic acids is 1. The van der Waals surface area contributed by atoms with E-state index in [1.54, 1.807) is 7.11 Å². The van der Waals surface area contributed by atoms with Crippen LogP contribution in [0.5, 0.6) is 5.75 Å². The Balaban J connectivity index is 2.09. The normalized spacial score (nSPS) is 34.7. The summed E-state index contributed by atoms with van der Waals surface area (Å²) in [7, 11) is 1.71. The lowest BCUT2D eigenvalue weighted by Crippen LogP contribution is -2.54. The van der Waals surface area contributed by atoms with Crippen LogP contribution in [0.4, 0.5) is 0 Å². The summed E-state index contributed by atoms with van der Waals surface area (Å²) in [6, 6.07) is 6.41. The molecular formula is C18H25NO2. The molecule has 21 heavy (non-hydrogen) atoms. The van der Waals surface area contributed by atoms with E-state index in [1.165, 1.54) is 11.1 Å². The molecule has 1 aromatic rings. The van der Waals surface area contributed by atoms with E-state index < -0.39 is 0 Å². The van der Waals surface area contributed by atoms with Gasteiger partial charge in [-0.15, -0.1) is 0 Å². The number of fused-ring (bicyclic) bond motifs is 3. The summed E-state index contributed by atoms with van der Waals surface area (Å²) in [5.74, 6) is 1.14. The molecule has 1 fully saturated rings. The number of hydrogen-bond donors (Lipinski definition) is 1. The fourth-order valence-electron chi connectivity index (χ4n) is 4.89. The van der Waals surface area contributed by atoms with Crippen LogP contribution >= 0.6 is 0 Å². The van der Waals surface area contributed by atoms with Crippen molar-refractivity contribution in [2.75, 3.05) is 7.11 Å². The van der Waals surface area contributed by atoms with Crippen LogP contribution in [0.25, 0.3) is 0 Å². The molecule has 114 valence electrons. The first-order valence-electron chi connectivity index (χ1n) is 7.89. The summed E-state index contributed by atoms with van der Waals surface area (Å²) < 4.78 is 5.35. The van der Waals surface area contributed by atoms with Crippen molar-refractivity contribution in [1.29, 1.82) is 0 Å². The first-order valence-corrected chi connectivity index (χ1v) is 7.89. The van der Waals surface area contributed by atoms with E-state index in [1.807, 2.05) is 6.07 Å². The number of hydrogen-bond acceptors (Lipinski definition) is 2. The van der Waals surface area contributed by atoms with E-state index in [-0.39, 0.29) is 16.7 Å². The minimum absolute atomic E-state index is 0.0574. The SMILES string of the molecule is COc1ccc2c(c1)CCC1C(C)(C(N)=O)CCCC21C. The third kappa shape index (κ3) is 1.97. The Labute approximate surface area is 126 Å². The highest BCUT2D eigenvalue weighted by Crippen LogP contribution is 2.57. The van der Waals surface area contributed by atoms with E-state index in [0.29, 0.717) is 5.92 Å². The standard InChI is InChI=1S/C18H25NO2/c1-17-9-4-10-18(2,16(19)20)15(17)8-5-12-11-13(21-3)6-7-14(12)17/h6-7,11,15H,4-5,8-10H2,1-3H3,(H2,19,20). The molecule has 3 atom stereocenters. The molecule has 2 N–H and O–H groups in total. The van der Waals surface area contributed by atoms with Crippen molar-refractivity contribution in [2.24, 2.45) is 17.1 Å². The molecule has 1 aromatic carbocycles. The predicted molar refractivity (Wildman–Crippen MR) is 83.3 cm³/mol. The van der Waals surface area contributed by atoms with Crippen LogP contribution in [0.1, 0.15) is 50.7 Å². The fourth-order valence-corrected chi connectivity index (χ4v) is 4.89. The third-order valence-corrected chi connectivity index (χ3v) is 6.12. The van der Waals surface area contributed by atoms with Crippen LogP contribution in [-0.4, -0.2) is 13.0 Å². The summed E-state index contributed by atoms with van der Waals surface area (Å²) in [4.78, 5) is 12.1. The maximum atomic E-state index is 12.1.